The lowest BCUT2D eigenvalue weighted by Crippen LogP contribution is -2.33. The Morgan fingerprint density at radius 1 is 1.04 bits per heavy atom. The Hall–Kier alpha value is -2.56. The van der Waals surface area contributed by atoms with Crippen molar-refractivity contribution in [3.05, 3.63) is 87.5 Å². The fourth-order valence-corrected chi connectivity index (χ4v) is 3.40. The lowest BCUT2D eigenvalue weighted by molar-refractivity contribution is 0.0992. The zero-order valence-corrected chi connectivity index (χ0v) is 15.4. The van der Waals surface area contributed by atoms with E-state index in [9.17, 15) is 4.79 Å². The number of rotatable bonds is 3. The molecule has 0 spiro atoms. The maximum atomic E-state index is 13.0. The minimum Gasteiger partial charge on any atom is -0.361 e. The topological polar surface area (TPSA) is 45.2 Å². The van der Waals surface area contributed by atoms with Crippen molar-refractivity contribution in [2.75, 3.05) is 10.2 Å². The molecule has 0 saturated heterocycles. The van der Waals surface area contributed by atoms with Gasteiger partial charge in [-0.25, -0.2) is 4.98 Å². The Kier molecular flexibility index (Phi) is 4.31. The van der Waals surface area contributed by atoms with E-state index in [-0.39, 0.29) is 12.1 Å². The van der Waals surface area contributed by atoms with E-state index in [1.807, 2.05) is 49.4 Å². The predicted octanol–water partition coefficient (Wildman–Crippen LogP) is 5.47. The Labute approximate surface area is 161 Å². The minimum atomic E-state index is -0.385. The normalized spacial score (nSPS) is 15.9. The summed E-state index contributed by atoms with van der Waals surface area (Å²) in [4.78, 5) is 19.0. The predicted molar refractivity (Wildman–Crippen MR) is 105 cm³/mol. The lowest BCUT2D eigenvalue weighted by atomic mass is 10.1. The van der Waals surface area contributed by atoms with Gasteiger partial charge in [0, 0.05) is 28.0 Å². The fraction of sp³-hybridized carbons (Fsp3) is 0.100. The van der Waals surface area contributed by atoms with Crippen molar-refractivity contribution in [2.24, 2.45) is 0 Å². The molecule has 0 bridgehead atoms. The number of fused-ring (bicyclic) bond motifs is 1. The summed E-state index contributed by atoms with van der Waals surface area (Å²) in [6, 6.07) is 16.7. The summed E-state index contributed by atoms with van der Waals surface area (Å²) in [6.07, 6.45) is 1.15. The molecule has 0 fully saturated rings. The standard InChI is InChI=1S/C20H15Cl2N3O/c1-12-16(22)7-4-8-17(12)24-19-14-5-2-3-6-15(14)20(26)25(19)18-10-9-13(21)11-23-18/h2-11,19,24H,1H3/t19-/m1/s1. The van der Waals surface area contributed by atoms with Crippen LogP contribution >= 0.6 is 23.2 Å². The van der Waals surface area contributed by atoms with Crippen LogP contribution in [-0.4, -0.2) is 10.9 Å². The second-order valence-corrected chi connectivity index (χ2v) is 6.90. The molecule has 1 aliphatic rings. The van der Waals surface area contributed by atoms with Gasteiger partial charge in [0.25, 0.3) is 5.91 Å². The van der Waals surface area contributed by atoms with Crippen molar-refractivity contribution in [2.45, 2.75) is 13.1 Å². The zero-order valence-electron chi connectivity index (χ0n) is 13.9. The summed E-state index contributed by atoms with van der Waals surface area (Å²) < 4.78 is 0. The molecule has 26 heavy (non-hydrogen) atoms. The molecular formula is C20H15Cl2N3O. The van der Waals surface area contributed by atoms with E-state index in [0.29, 0.717) is 21.4 Å². The molecule has 2 aromatic carbocycles. The van der Waals surface area contributed by atoms with E-state index in [1.54, 1.807) is 17.0 Å². The monoisotopic (exact) mass is 383 g/mol. The number of nitrogens with zero attached hydrogens (tertiary/aromatic N) is 2. The van der Waals surface area contributed by atoms with Crippen LogP contribution in [0.3, 0.4) is 0 Å². The average Bonchev–Trinajstić information content (AvgIpc) is 2.92. The number of nitrogens with one attached hydrogen (secondary N) is 1. The largest absolute Gasteiger partial charge is 0.361 e. The van der Waals surface area contributed by atoms with Gasteiger partial charge in [0.2, 0.25) is 0 Å². The number of hydrogen-bond acceptors (Lipinski definition) is 3. The fourth-order valence-electron chi connectivity index (χ4n) is 3.12. The van der Waals surface area contributed by atoms with E-state index in [2.05, 4.69) is 10.3 Å². The van der Waals surface area contributed by atoms with Crippen LogP contribution in [0.1, 0.15) is 27.7 Å². The number of carbonyl (C=O) groups is 1. The first-order valence-corrected chi connectivity index (χ1v) is 8.87. The van der Waals surface area contributed by atoms with Gasteiger partial charge in [-0.05, 0) is 42.8 Å². The SMILES string of the molecule is Cc1c(Cl)cccc1N[C@H]1c2ccccc2C(=O)N1c1ccc(Cl)cn1. The number of hydrogen-bond donors (Lipinski definition) is 1. The number of aromatic nitrogens is 1. The molecule has 2 heterocycles. The summed E-state index contributed by atoms with van der Waals surface area (Å²) in [5, 5.41) is 4.64. The maximum absolute atomic E-state index is 13.0. The van der Waals surface area contributed by atoms with Crippen LogP contribution in [0.15, 0.2) is 60.8 Å². The number of halogens is 2. The third-order valence-electron chi connectivity index (χ3n) is 4.48. The van der Waals surface area contributed by atoms with E-state index in [1.165, 1.54) is 6.20 Å². The summed E-state index contributed by atoms with van der Waals surface area (Å²) in [5.41, 5.74) is 3.34. The van der Waals surface area contributed by atoms with Gasteiger partial charge in [0.15, 0.2) is 0 Å². The van der Waals surface area contributed by atoms with Gasteiger partial charge in [-0.3, -0.25) is 9.69 Å². The molecule has 1 amide bonds. The zero-order chi connectivity index (χ0) is 18.3. The van der Waals surface area contributed by atoms with Gasteiger partial charge in [0.05, 0.1) is 5.02 Å². The lowest BCUT2D eigenvalue weighted by Gasteiger charge is -2.27. The van der Waals surface area contributed by atoms with E-state index >= 15 is 0 Å². The third kappa shape index (κ3) is 2.81. The smallest absolute Gasteiger partial charge is 0.261 e. The van der Waals surface area contributed by atoms with E-state index < -0.39 is 0 Å². The van der Waals surface area contributed by atoms with Crippen LogP contribution in [0.5, 0.6) is 0 Å². The molecule has 0 saturated carbocycles. The Bertz CT molecular complexity index is 989. The van der Waals surface area contributed by atoms with Crippen molar-refractivity contribution >= 4 is 40.6 Å². The van der Waals surface area contributed by atoms with Crippen molar-refractivity contribution in [1.29, 1.82) is 0 Å². The number of amides is 1. The van der Waals surface area contributed by atoms with Gasteiger partial charge in [-0.15, -0.1) is 0 Å². The molecule has 0 radical (unpaired) electrons. The van der Waals surface area contributed by atoms with Crippen molar-refractivity contribution in [3.63, 3.8) is 0 Å². The molecule has 1 atom stereocenters. The average molecular weight is 384 g/mol. The Morgan fingerprint density at radius 2 is 1.85 bits per heavy atom. The van der Waals surface area contributed by atoms with Crippen LogP contribution in [0.25, 0.3) is 0 Å². The maximum Gasteiger partial charge on any atom is 0.261 e. The van der Waals surface area contributed by atoms with Crippen LogP contribution in [0, 0.1) is 6.92 Å². The third-order valence-corrected chi connectivity index (χ3v) is 5.11. The summed E-state index contributed by atoms with van der Waals surface area (Å²) in [5.74, 6) is 0.431. The molecule has 4 rings (SSSR count). The first-order chi connectivity index (χ1) is 12.6. The summed E-state index contributed by atoms with van der Waals surface area (Å²) in [6.45, 7) is 1.94. The molecule has 0 unspecified atom stereocenters. The van der Waals surface area contributed by atoms with Crippen LogP contribution in [0.4, 0.5) is 11.5 Å². The quantitative estimate of drug-likeness (QED) is 0.652. The molecule has 1 N–H and O–H groups in total. The van der Waals surface area contributed by atoms with Gasteiger partial charge >= 0.3 is 0 Å². The first kappa shape index (κ1) is 16.9. The van der Waals surface area contributed by atoms with E-state index in [4.69, 9.17) is 23.2 Å². The van der Waals surface area contributed by atoms with Crippen molar-refractivity contribution in [3.8, 4) is 0 Å². The van der Waals surface area contributed by atoms with Gasteiger partial charge in [-0.2, -0.15) is 0 Å². The van der Waals surface area contributed by atoms with Gasteiger partial charge in [-0.1, -0.05) is 47.5 Å². The minimum absolute atomic E-state index is 0.104. The van der Waals surface area contributed by atoms with Crippen LogP contribution < -0.4 is 10.2 Å². The highest BCUT2D eigenvalue weighted by Gasteiger charge is 2.38. The van der Waals surface area contributed by atoms with Crippen molar-refractivity contribution in [1.82, 2.24) is 4.98 Å². The number of pyridine rings is 1. The van der Waals surface area contributed by atoms with Gasteiger partial charge < -0.3 is 5.32 Å². The molecule has 4 nitrogen and oxygen atoms in total. The molecule has 0 aliphatic carbocycles. The Morgan fingerprint density at radius 3 is 2.62 bits per heavy atom. The second-order valence-electron chi connectivity index (χ2n) is 6.06. The molecule has 3 aromatic rings. The van der Waals surface area contributed by atoms with E-state index in [0.717, 1.165) is 16.8 Å². The van der Waals surface area contributed by atoms with Crippen LogP contribution in [0.2, 0.25) is 10.0 Å². The van der Waals surface area contributed by atoms with Crippen molar-refractivity contribution < 1.29 is 4.79 Å². The molecule has 1 aliphatic heterocycles. The summed E-state index contributed by atoms with van der Waals surface area (Å²) >= 11 is 12.2. The van der Waals surface area contributed by atoms with Gasteiger partial charge in [0.1, 0.15) is 12.0 Å². The highest BCUT2D eigenvalue weighted by Crippen LogP contribution is 2.38. The molecule has 6 heteroatoms. The number of benzene rings is 2. The summed E-state index contributed by atoms with van der Waals surface area (Å²) in [7, 11) is 0. The second kappa shape index (κ2) is 6.63. The first-order valence-electron chi connectivity index (χ1n) is 8.12. The number of anilines is 2. The number of carbonyl (C=O) groups excluding carboxylic acids is 1. The Balaban J connectivity index is 1.81. The molecular weight excluding hydrogens is 369 g/mol. The molecule has 1 aromatic heterocycles. The van der Waals surface area contributed by atoms with Crippen LogP contribution in [-0.2, 0) is 0 Å². The molecule has 130 valence electrons. The highest BCUT2D eigenvalue weighted by molar-refractivity contribution is 6.31. The highest BCUT2D eigenvalue weighted by atomic mass is 35.5.